The summed E-state index contributed by atoms with van der Waals surface area (Å²) in [7, 11) is 1.90. The molecule has 1 atom stereocenters. The highest BCUT2D eigenvalue weighted by Crippen LogP contribution is 2.14. The molecule has 0 radical (unpaired) electrons. The normalized spacial score (nSPS) is 17.9. The Labute approximate surface area is 119 Å². The van der Waals surface area contributed by atoms with Gasteiger partial charge in [-0.05, 0) is 32.0 Å². The van der Waals surface area contributed by atoms with Gasteiger partial charge in [-0.2, -0.15) is 5.26 Å². The molecule has 0 spiro atoms. The molecule has 1 heterocycles. The van der Waals surface area contributed by atoms with Crippen LogP contribution < -0.4 is 5.32 Å². The van der Waals surface area contributed by atoms with Gasteiger partial charge in [0.15, 0.2) is 0 Å². The van der Waals surface area contributed by atoms with E-state index in [4.69, 9.17) is 10.00 Å². The van der Waals surface area contributed by atoms with Gasteiger partial charge in [-0.25, -0.2) is 0 Å². The van der Waals surface area contributed by atoms with Crippen molar-refractivity contribution in [3.63, 3.8) is 0 Å². The second-order valence-electron chi connectivity index (χ2n) is 5.04. The van der Waals surface area contributed by atoms with E-state index in [1.807, 2.05) is 11.9 Å². The van der Waals surface area contributed by atoms with Gasteiger partial charge in [-0.15, -0.1) is 0 Å². The first kappa shape index (κ1) is 14.5. The summed E-state index contributed by atoms with van der Waals surface area (Å²) < 4.78 is 5.54. The third-order valence-electron chi connectivity index (χ3n) is 3.27. The number of nitrogens with zero attached hydrogens (tertiary/aromatic N) is 2. The summed E-state index contributed by atoms with van der Waals surface area (Å²) in [6.07, 6.45) is 2.39. The predicted octanol–water partition coefficient (Wildman–Crippen LogP) is 1.61. The highest BCUT2D eigenvalue weighted by molar-refractivity contribution is 5.93. The van der Waals surface area contributed by atoms with Crippen LogP contribution in [0.5, 0.6) is 0 Å². The van der Waals surface area contributed by atoms with E-state index in [0.717, 1.165) is 26.0 Å². The molecule has 0 aromatic heterocycles. The summed E-state index contributed by atoms with van der Waals surface area (Å²) in [5.74, 6) is -0.117. The minimum atomic E-state index is -0.117. The number of carbonyl (C=O) groups excluding carboxylic acids is 1. The van der Waals surface area contributed by atoms with Crippen molar-refractivity contribution in [2.45, 2.75) is 18.9 Å². The van der Waals surface area contributed by atoms with E-state index in [0.29, 0.717) is 17.8 Å². The van der Waals surface area contributed by atoms with Crippen LogP contribution in [0.25, 0.3) is 0 Å². The van der Waals surface area contributed by atoms with E-state index in [2.05, 4.69) is 11.4 Å². The standard InChI is InChI=1S/C15H19N3O2/c1-18(10-13-6-4-8-20-13)11-15(19)17-14-7-3-2-5-12(14)9-16/h2-3,5,7,13H,4,6,8,10-11H2,1H3,(H,17,19). The minimum absolute atomic E-state index is 0.117. The molecule has 1 saturated heterocycles. The number of amides is 1. The number of rotatable bonds is 5. The molecule has 0 saturated carbocycles. The number of likely N-dealkylation sites (N-methyl/N-ethyl adjacent to an activating group) is 1. The molecule has 1 fully saturated rings. The quantitative estimate of drug-likeness (QED) is 0.885. The lowest BCUT2D eigenvalue weighted by Crippen LogP contribution is -2.35. The van der Waals surface area contributed by atoms with Gasteiger partial charge in [0.05, 0.1) is 23.9 Å². The van der Waals surface area contributed by atoms with Crippen LogP contribution in [0.4, 0.5) is 5.69 Å². The number of nitriles is 1. The number of ether oxygens (including phenoxy) is 1. The molecule has 5 heteroatoms. The van der Waals surface area contributed by atoms with Crippen molar-refractivity contribution in [1.82, 2.24) is 4.90 Å². The zero-order valence-electron chi connectivity index (χ0n) is 11.6. The number of carbonyl (C=O) groups is 1. The Morgan fingerprint density at radius 1 is 1.55 bits per heavy atom. The Kier molecular flexibility index (Phi) is 5.10. The molecule has 5 nitrogen and oxygen atoms in total. The average molecular weight is 273 g/mol. The second kappa shape index (κ2) is 7.04. The Balaban J connectivity index is 1.84. The third-order valence-corrected chi connectivity index (χ3v) is 3.27. The average Bonchev–Trinajstić information content (AvgIpc) is 2.91. The molecule has 0 aliphatic carbocycles. The summed E-state index contributed by atoms with van der Waals surface area (Å²) in [4.78, 5) is 13.9. The van der Waals surface area contributed by atoms with Gasteiger partial charge in [-0.3, -0.25) is 9.69 Å². The SMILES string of the molecule is CN(CC(=O)Nc1ccccc1C#N)CC1CCCO1. The smallest absolute Gasteiger partial charge is 0.238 e. The van der Waals surface area contributed by atoms with Crippen LogP contribution in [0, 0.1) is 11.3 Å². The topological polar surface area (TPSA) is 65.4 Å². The lowest BCUT2D eigenvalue weighted by Gasteiger charge is -2.20. The number of hydrogen-bond donors (Lipinski definition) is 1. The maximum absolute atomic E-state index is 12.0. The van der Waals surface area contributed by atoms with Gasteiger partial charge in [0, 0.05) is 13.2 Å². The molecule has 106 valence electrons. The van der Waals surface area contributed by atoms with Crippen LogP contribution in [-0.2, 0) is 9.53 Å². The van der Waals surface area contributed by atoms with Crippen molar-refractivity contribution < 1.29 is 9.53 Å². The number of para-hydroxylation sites is 1. The van der Waals surface area contributed by atoms with Crippen LogP contribution in [0.15, 0.2) is 24.3 Å². The zero-order valence-corrected chi connectivity index (χ0v) is 11.6. The predicted molar refractivity (Wildman–Crippen MR) is 76.3 cm³/mol. The number of anilines is 1. The fourth-order valence-corrected chi connectivity index (χ4v) is 2.33. The fourth-order valence-electron chi connectivity index (χ4n) is 2.33. The monoisotopic (exact) mass is 273 g/mol. The first-order valence-electron chi connectivity index (χ1n) is 6.78. The van der Waals surface area contributed by atoms with Crippen molar-refractivity contribution in [2.75, 3.05) is 32.1 Å². The molecule has 1 amide bonds. The van der Waals surface area contributed by atoms with Gasteiger partial charge in [-0.1, -0.05) is 12.1 Å². The molecule has 1 N–H and O–H groups in total. The number of hydrogen-bond acceptors (Lipinski definition) is 4. The number of nitrogens with one attached hydrogen (secondary N) is 1. The third kappa shape index (κ3) is 4.05. The van der Waals surface area contributed by atoms with Crippen LogP contribution in [0.3, 0.4) is 0 Å². The van der Waals surface area contributed by atoms with Crippen molar-refractivity contribution in [3.8, 4) is 6.07 Å². The van der Waals surface area contributed by atoms with E-state index in [1.54, 1.807) is 24.3 Å². The molecule has 0 bridgehead atoms. The van der Waals surface area contributed by atoms with Crippen molar-refractivity contribution in [2.24, 2.45) is 0 Å². The van der Waals surface area contributed by atoms with Gasteiger partial charge in [0.1, 0.15) is 6.07 Å². The van der Waals surface area contributed by atoms with Crippen LogP contribution in [0.1, 0.15) is 18.4 Å². The molecule has 20 heavy (non-hydrogen) atoms. The first-order chi connectivity index (χ1) is 9.69. The minimum Gasteiger partial charge on any atom is -0.377 e. The van der Waals surface area contributed by atoms with Crippen molar-refractivity contribution in [1.29, 1.82) is 5.26 Å². The first-order valence-corrected chi connectivity index (χ1v) is 6.78. The van der Waals surface area contributed by atoms with Crippen molar-refractivity contribution >= 4 is 11.6 Å². The van der Waals surface area contributed by atoms with E-state index >= 15 is 0 Å². The lowest BCUT2D eigenvalue weighted by atomic mass is 10.2. The maximum atomic E-state index is 12.0. The Morgan fingerprint density at radius 3 is 3.05 bits per heavy atom. The lowest BCUT2D eigenvalue weighted by molar-refractivity contribution is -0.117. The molecule has 1 unspecified atom stereocenters. The van der Waals surface area contributed by atoms with Crippen molar-refractivity contribution in [3.05, 3.63) is 29.8 Å². The van der Waals surface area contributed by atoms with Gasteiger partial charge in [0.25, 0.3) is 0 Å². The fraction of sp³-hybridized carbons (Fsp3) is 0.467. The Bertz CT molecular complexity index is 504. The van der Waals surface area contributed by atoms with E-state index < -0.39 is 0 Å². The van der Waals surface area contributed by atoms with Gasteiger partial charge >= 0.3 is 0 Å². The summed E-state index contributed by atoms with van der Waals surface area (Å²) in [5, 5.41) is 11.7. The van der Waals surface area contributed by atoms with E-state index in [-0.39, 0.29) is 12.0 Å². The molecule has 2 rings (SSSR count). The van der Waals surface area contributed by atoms with Crippen LogP contribution >= 0.6 is 0 Å². The summed E-state index contributed by atoms with van der Waals surface area (Å²) >= 11 is 0. The molecular formula is C15H19N3O2. The molecule has 1 aromatic carbocycles. The van der Waals surface area contributed by atoms with E-state index in [9.17, 15) is 4.79 Å². The second-order valence-corrected chi connectivity index (χ2v) is 5.04. The Hall–Kier alpha value is -1.90. The maximum Gasteiger partial charge on any atom is 0.238 e. The van der Waals surface area contributed by atoms with E-state index in [1.165, 1.54) is 0 Å². The highest BCUT2D eigenvalue weighted by atomic mass is 16.5. The molecular weight excluding hydrogens is 254 g/mol. The van der Waals surface area contributed by atoms with Gasteiger partial charge < -0.3 is 10.1 Å². The van der Waals surface area contributed by atoms with Gasteiger partial charge in [0.2, 0.25) is 5.91 Å². The zero-order chi connectivity index (χ0) is 14.4. The Morgan fingerprint density at radius 2 is 2.35 bits per heavy atom. The molecule has 1 aliphatic rings. The largest absolute Gasteiger partial charge is 0.377 e. The van der Waals surface area contributed by atoms with Crippen LogP contribution in [0.2, 0.25) is 0 Å². The molecule has 1 aromatic rings. The summed E-state index contributed by atoms with van der Waals surface area (Å²) in [5.41, 5.74) is 1.04. The highest BCUT2D eigenvalue weighted by Gasteiger charge is 2.18. The number of benzene rings is 1. The summed E-state index contributed by atoms with van der Waals surface area (Å²) in [6.45, 7) is 1.87. The molecule has 1 aliphatic heterocycles. The summed E-state index contributed by atoms with van der Waals surface area (Å²) in [6, 6.07) is 9.06. The van der Waals surface area contributed by atoms with Crippen LogP contribution in [-0.4, -0.2) is 43.7 Å².